The summed E-state index contributed by atoms with van der Waals surface area (Å²) in [7, 11) is 0. The summed E-state index contributed by atoms with van der Waals surface area (Å²) in [6.07, 6.45) is 1.89. The predicted octanol–water partition coefficient (Wildman–Crippen LogP) is 2.97. The van der Waals surface area contributed by atoms with Gasteiger partial charge in [-0.3, -0.25) is 0 Å². The summed E-state index contributed by atoms with van der Waals surface area (Å²) in [6.45, 7) is 6.91. The largest absolute Gasteiger partial charge is 0.342 e. The molecular formula is C14H19N3. The van der Waals surface area contributed by atoms with Crippen LogP contribution < -0.4 is 5.73 Å². The molecule has 0 saturated carbocycles. The number of hydrogen-bond donors (Lipinski definition) is 2. The maximum absolute atomic E-state index is 5.73. The van der Waals surface area contributed by atoms with Gasteiger partial charge in [0.2, 0.25) is 0 Å². The molecule has 0 atom stereocenters. The second-order valence-electron chi connectivity index (χ2n) is 4.68. The molecule has 1 aromatic heterocycles. The van der Waals surface area contributed by atoms with E-state index in [4.69, 9.17) is 5.73 Å². The van der Waals surface area contributed by atoms with Crippen LogP contribution in [-0.2, 0) is 6.54 Å². The number of nitrogens with zero attached hydrogens (tertiary/aromatic N) is 1. The third-order valence-corrected chi connectivity index (χ3v) is 3.02. The minimum Gasteiger partial charge on any atom is -0.342 e. The van der Waals surface area contributed by atoms with Crippen LogP contribution in [0.25, 0.3) is 11.3 Å². The summed E-state index contributed by atoms with van der Waals surface area (Å²) in [4.78, 5) is 7.73. The third kappa shape index (κ3) is 2.39. The van der Waals surface area contributed by atoms with E-state index in [0.717, 1.165) is 17.1 Å². The molecule has 0 amide bonds. The molecule has 0 radical (unpaired) electrons. The van der Waals surface area contributed by atoms with Gasteiger partial charge in [-0.05, 0) is 29.7 Å². The van der Waals surface area contributed by atoms with E-state index in [1.807, 2.05) is 6.20 Å². The van der Waals surface area contributed by atoms with Gasteiger partial charge in [-0.1, -0.05) is 26.0 Å². The van der Waals surface area contributed by atoms with Crippen molar-refractivity contribution in [2.45, 2.75) is 33.2 Å². The number of imidazole rings is 1. The molecule has 0 fully saturated rings. The van der Waals surface area contributed by atoms with Crippen molar-refractivity contribution < 1.29 is 0 Å². The number of hydrogen-bond acceptors (Lipinski definition) is 2. The van der Waals surface area contributed by atoms with Gasteiger partial charge < -0.3 is 10.7 Å². The number of aryl methyl sites for hydroxylation is 1. The Kier molecular flexibility index (Phi) is 3.29. The Morgan fingerprint density at radius 3 is 2.71 bits per heavy atom. The molecule has 2 rings (SSSR count). The Bertz CT molecular complexity index is 512. The first-order valence-corrected chi connectivity index (χ1v) is 5.96. The van der Waals surface area contributed by atoms with Gasteiger partial charge in [0.25, 0.3) is 0 Å². The van der Waals surface area contributed by atoms with Crippen LogP contribution >= 0.6 is 0 Å². The van der Waals surface area contributed by atoms with Crippen molar-refractivity contribution in [2.24, 2.45) is 5.73 Å². The molecule has 0 saturated heterocycles. The number of nitrogens with one attached hydrogen (secondary N) is 1. The average molecular weight is 229 g/mol. The fourth-order valence-electron chi connectivity index (χ4n) is 1.84. The summed E-state index contributed by atoms with van der Waals surface area (Å²) in [5, 5.41) is 0. The van der Waals surface area contributed by atoms with Crippen LogP contribution in [0.4, 0.5) is 0 Å². The number of aromatic amines is 1. The third-order valence-electron chi connectivity index (χ3n) is 3.02. The van der Waals surface area contributed by atoms with E-state index in [0.29, 0.717) is 12.5 Å². The zero-order valence-electron chi connectivity index (χ0n) is 10.6. The van der Waals surface area contributed by atoms with E-state index in [2.05, 4.69) is 48.9 Å². The van der Waals surface area contributed by atoms with Crippen molar-refractivity contribution in [3.05, 3.63) is 41.3 Å². The van der Waals surface area contributed by atoms with Crippen LogP contribution in [0.2, 0.25) is 0 Å². The standard InChI is InChI=1S/C14H19N3/c1-9(2)14-16-8-13(17-14)11-5-4-10(3)12(6-11)7-15/h4-6,8-9H,7,15H2,1-3H3,(H,16,17). The number of benzene rings is 1. The molecule has 90 valence electrons. The number of aromatic nitrogens is 2. The van der Waals surface area contributed by atoms with E-state index in [-0.39, 0.29) is 0 Å². The molecule has 3 nitrogen and oxygen atoms in total. The lowest BCUT2D eigenvalue weighted by atomic mass is 10.0. The van der Waals surface area contributed by atoms with Gasteiger partial charge in [0.1, 0.15) is 5.82 Å². The van der Waals surface area contributed by atoms with Crippen LogP contribution in [0, 0.1) is 6.92 Å². The highest BCUT2D eigenvalue weighted by molar-refractivity contribution is 5.60. The zero-order valence-corrected chi connectivity index (χ0v) is 10.6. The van der Waals surface area contributed by atoms with Crippen molar-refractivity contribution in [3.63, 3.8) is 0 Å². The molecule has 1 heterocycles. The van der Waals surface area contributed by atoms with E-state index in [1.54, 1.807) is 0 Å². The molecule has 0 aliphatic heterocycles. The lowest BCUT2D eigenvalue weighted by Gasteiger charge is -2.05. The lowest BCUT2D eigenvalue weighted by Crippen LogP contribution is -1.99. The highest BCUT2D eigenvalue weighted by atomic mass is 14.9. The van der Waals surface area contributed by atoms with E-state index < -0.39 is 0 Å². The van der Waals surface area contributed by atoms with Crippen molar-refractivity contribution >= 4 is 0 Å². The van der Waals surface area contributed by atoms with Gasteiger partial charge in [-0.2, -0.15) is 0 Å². The van der Waals surface area contributed by atoms with Crippen molar-refractivity contribution in [1.82, 2.24) is 9.97 Å². The first-order chi connectivity index (χ1) is 8.11. The maximum Gasteiger partial charge on any atom is 0.109 e. The minimum absolute atomic E-state index is 0.420. The quantitative estimate of drug-likeness (QED) is 0.850. The van der Waals surface area contributed by atoms with Gasteiger partial charge >= 0.3 is 0 Å². The van der Waals surface area contributed by atoms with Crippen LogP contribution in [0.5, 0.6) is 0 Å². The molecule has 17 heavy (non-hydrogen) atoms. The molecular weight excluding hydrogens is 210 g/mol. The zero-order chi connectivity index (χ0) is 12.4. The predicted molar refractivity (Wildman–Crippen MR) is 70.7 cm³/mol. The number of nitrogens with two attached hydrogens (primary N) is 1. The van der Waals surface area contributed by atoms with Crippen molar-refractivity contribution in [2.75, 3.05) is 0 Å². The second-order valence-corrected chi connectivity index (χ2v) is 4.68. The highest BCUT2D eigenvalue weighted by Gasteiger charge is 2.07. The fraction of sp³-hybridized carbons (Fsp3) is 0.357. The number of H-pyrrole nitrogens is 1. The summed E-state index contributed by atoms with van der Waals surface area (Å²) in [5.74, 6) is 1.44. The second kappa shape index (κ2) is 4.72. The van der Waals surface area contributed by atoms with Gasteiger partial charge in [0, 0.05) is 12.5 Å². The average Bonchev–Trinajstić information content (AvgIpc) is 2.79. The van der Waals surface area contributed by atoms with Gasteiger partial charge in [-0.15, -0.1) is 0 Å². The summed E-state index contributed by atoms with van der Waals surface area (Å²) < 4.78 is 0. The molecule has 2 aromatic rings. The van der Waals surface area contributed by atoms with Crippen LogP contribution in [-0.4, -0.2) is 9.97 Å². The molecule has 0 aliphatic carbocycles. The normalized spacial score (nSPS) is 11.1. The van der Waals surface area contributed by atoms with E-state index in [9.17, 15) is 0 Å². The minimum atomic E-state index is 0.420. The smallest absolute Gasteiger partial charge is 0.109 e. The monoisotopic (exact) mass is 229 g/mol. The molecule has 0 unspecified atom stereocenters. The van der Waals surface area contributed by atoms with Gasteiger partial charge in [-0.25, -0.2) is 4.98 Å². The molecule has 1 aromatic carbocycles. The van der Waals surface area contributed by atoms with E-state index in [1.165, 1.54) is 11.1 Å². The van der Waals surface area contributed by atoms with E-state index >= 15 is 0 Å². The van der Waals surface area contributed by atoms with Crippen LogP contribution in [0.3, 0.4) is 0 Å². The fourth-order valence-corrected chi connectivity index (χ4v) is 1.84. The Labute approximate surface area is 102 Å². The number of rotatable bonds is 3. The first kappa shape index (κ1) is 11.9. The molecule has 3 heteroatoms. The lowest BCUT2D eigenvalue weighted by molar-refractivity contribution is 0.795. The molecule has 0 spiro atoms. The van der Waals surface area contributed by atoms with Crippen molar-refractivity contribution in [3.8, 4) is 11.3 Å². The Hall–Kier alpha value is -1.61. The van der Waals surface area contributed by atoms with Crippen LogP contribution in [0.15, 0.2) is 24.4 Å². The molecule has 3 N–H and O–H groups in total. The van der Waals surface area contributed by atoms with Crippen LogP contribution in [0.1, 0.15) is 36.7 Å². The first-order valence-electron chi connectivity index (χ1n) is 5.96. The summed E-state index contributed by atoms with van der Waals surface area (Å²) >= 11 is 0. The summed E-state index contributed by atoms with van der Waals surface area (Å²) in [5.41, 5.74) is 10.4. The van der Waals surface area contributed by atoms with Gasteiger partial charge in [0.15, 0.2) is 0 Å². The Morgan fingerprint density at radius 1 is 1.35 bits per heavy atom. The van der Waals surface area contributed by atoms with Gasteiger partial charge in [0.05, 0.1) is 11.9 Å². The highest BCUT2D eigenvalue weighted by Crippen LogP contribution is 2.22. The Balaban J connectivity index is 2.38. The van der Waals surface area contributed by atoms with Crippen molar-refractivity contribution in [1.29, 1.82) is 0 Å². The summed E-state index contributed by atoms with van der Waals surface area (Å²) in [6, 6.07) is 6.34. The SMILES string of the molecule is Cc1ccc(-c2cnc(C(C)C)[nH]2)cc1CN. The maximum atomic E-state index is 5.73. The topological polar surface area (TPSA) is 54.7 Å². The Morgan fingerprint density at radius 2 is 2.12 bits per heavy atom. The molecule has 0 aliphatic rings. The molecule has 0 bridgehead atoms.